The number of thiazole rings is 1. The molecule has 25 heavy (non-hydrogen) atoms. The van der Waals surface area contributed by atoms with Crippen LogP contribution in [-0.4, -0.2) is 29.1 Å². The minimum absolute atomic E-state index is 0.0926. The normalized spacial score (nSPS) is 27.0. The van der Waals surface area contributed by atoms with Gasteiger partial charge in [0, 0.05) is 0 Å². The number of aromatic nitrogens is 1. The van der Waals surface area contributed by atoms with Crippen molar-refractivity contribution in [2.75, 3.05) is 14.1 Å². The lowest BCUT2D eigenvalue weighted by atomic mass is 9.71. The van der Waals surface area contributed by atoms with Crippen LogP contribution in [0.4, 0.5) is 0 Å². The summed E-state index contributed by atoms with van der Waals surface area (Å²) in [5.74, 6) is 0. The fourth-order valence-electron chi connectivity index (χ4n) is 4.04. The summed E-state index contributed by atoms with van der Waals surface area (Å²) in [6.45, 7) is 0. The Hall–Kier alpha value is -1.75. The number of hydrogen-bond acceptors (Lipinski definition) is 4. The predicted octanol–water partition coefficient (Wildman–Crippen LogP) is 4.52. The summed E-state index contributed by atoms with van der Waals surface area (Å²) in [7, 11) is 4.28. The molecule has 0 saturated heterocycles. The van der Waals surface area contributed by atoms with E-state index in [0.29, 0.717) is 0 Å². The van der Waals surface area contributed by atoms with Gasteiger partial charge < -0.3 is 5.11 Å². The second kappa shape index (κ2) is 6.20. The van der Waals surface area contributed by atoms with Crippen molar-refractivity contribution >= 4 is 21.6 Å². The molecule has 1 fully saturated rings. The third kappa shape index (κ3) is 2.78. The maximum absolute atomic E-state index is 11.2. The van der Waals surface area contributed by atoms with Gasteiger partial charge in [0.1, 0.15) is 5.01 Å². The maximum atomic E-state index is 11.2. The van der Waals surface area contributed by atoms with E-state index in [-0.39, 0.29) is 5.54 Å². The van der Waals surface area contributed by atoms with Gasteiger partial charge in [-0.1, -0.05) is 42.5 Å². The number of hydrogen-bond donors (Lipinski definition) is 1. The predicted molar refractivity (Wildman–Crippen MR) is 104 cm³/mol. The third-order valence-electron chi connectivity index (χ3n) is 5.76. The lowest BCUT2D eigenvalue weighted by Crippen LogP contribution is -2.48. The SMILES string of the molecule is CN(C)C1(c2nc3ccccc3s2)CCC(O)(c2ccccc2)CC1. The molecular formula is C21H24N2OS. The highest BCUT2D eigenvalue weighted by molar-refractivity contribution is 7.18. The highest BCUT2D eigenvalue weighted by Crippen LogP contribution is 2.49. The summed E-state index contributed by atoms with van der Waals surface area (Å²) in [4.78, 5) is 7.25. The van der Waals surface area contributed by atoms with E-state index < -0.39 is 5.60 Å². The smallest absolute Gasteiger partial charge is 0.114 e. The van der Waals surface area contributed by atoms with Crippen molar-refractivity contribution in [1.82, 2.24) is 9.88 Å². The monoisotopic (exact) mass is 352 g/mol. The van der Waals surface area contributed by atoms with Crippen LogP contribution in [0.5, 0.6) is 0 Å². The average Bonchev–Trinajstić information content (AvgIpc) is 3.07. The minimum Gasteiger partial charge on any atom is -0.385 e. The van der Waals surface area contributed by atoms with Gasteiger partial charge in [-0.2, -0.15) is 0 Å². The van der Waals surface area contributed by atoms with Crippen LogP contribution in [0.2, 0.25) is 0 Å². The van der Waals surface area contributed by atoms with Crippen LogP contribution in [0.15, 0.2) is 54.6 Å². The molecule has 130 valence electrons. The minimum atomic E-state index is -0.725. The molecule has 1 aromatic heterocycles. The van der Waals surface area contributed by atoms with Crippen LogP contribution < -0.4 is 0 Å². The molecular weight excluding hydrogens is 328 g/mol. The average molecular weight is 353 g/mol. The molecule has 0 unspecified atom stereocenters. The van der Waals surface area contributed by atoms with E-state index in [1.54, 1.807) is 11.3 Å². The van der Waals surface area contributed by atoms with Crippen LogP contribution >= 0.6 is 11.3 Å². The molecule has 2 aromatic carbocycles. The molecule has 4 rings (SSSR count). The molecule has 1 aliphatic rings. The van der Waals surface area contributed by atoms with Crippen LogP contribution in [0, 0.1) is 0 Å². The van der Waals surface area contributed by atoms with E-state index in [9.17, 15) is 5.11 Å². The van der Waals surface area contributed by atoms with Gasteiger partial charge in [-0.3, -0.25) is 4.90 Å². The Morgan fingerprint density at radius 3 is 2.20 bits per heavy atom. The first kappa shape index (κ1) is 16.7. The fraction of sp³-hybridized carbons (Fsp3) is 0.381. The van der Waals surface area contributed by atoms with Gasteiger partial charge in [0.05, 0.1) is 21.4 Å². The van der Waals surface area contributed by atoms with Crippen molar-refractivity contribution in [2.45, 2.75) is 36.8 Å². The molecule has 0 aliphatic heterocycles. The largest absolute Gasteiger partial charge is 0.385 e. The second-order valence-electron chi connectivity index (χ2n) is 7.31. The van der Waals surface area contributed by atoms with Crippen LogP contribution in [0.25, 0.3) is 10.2 Å². The topological polar surface area (TPSA) is 36.4 Å². The number of fused-ring (bicyclic) bond motifs is 1. The Bertz CT molecular complexity index is 831. The summed E-state index contributed by atoms with van der Waals surface area (Å²) in [5, 5.41) is 12.4. The fourth-order valence-corrected chi connectivity index (χ4v) is 5.33. The molecule has 1 saturated carbocycles. The zero-order valence-electron chi connectivity index (χ0n) is 14.8. The number of rotatable bonds is 3. The van der Waals surface area contributed by atoms with Crippen molar-refractivity contribution in [3.8, 4) is 0 Å². The van der Waals surface area contributed by atoms with E-state index in [2.05, 4.69) is 37.2 Å². The van der Waals surface area contributed by atoms with Crippen molar-refractivity contribution in [1.29, 1.82) is 0 Å². The van der Waals surface area contributed by atoms with Crippen LogP contribution in [0.3, 0.4) is 0 Å². The van der Waals surface area contributed by atoms with Crippen molar-refractivity contribution < 1.29 is 5.11 Å². The Labute approximate surface area is 152 Å². The first-order valence-electron chi connectivity index (χ1n) is 8.85. The van der Waals surface area contributed by atoms with Gasteiger partial charge in [0.2, 0.25) is 0 Å². The Morgan fingerprint density at radius 2 is 1.56 bits per heavy atom. The number of benzene rings is 2. The Kier molecular flexibility index (Phi) is 4.14. The molecule has 1 heterocycles. The quantitative estimate of drug-likeness (QED) is 0.753. The standard InChI is InChI=1S/C21H24N2OS/c1-23(2)20(19-22-17-10-6-7-11-18(17)25-19)12-14-21(24,15-13-20)16-8-4-3-5-9-16/h3-11,24H,12-15H2,1-2H3. The van der Waals surface area contributed by atoms with Crippen molar-refractivity contribution in [2.24, 2.45) is 0 Å². The zero-order valence-corrected chi connectivity index (χ0v) is 15.6. The number of nitrogens with zero attached hydrogens (tertiary/aromatic N) is 2. The molecule has 3 aromatic rings. The van der Waals surface area contributed by atoms with Crippen molar-refractivity contribution in [3.63, 3.8) is 0 Å². The Balaban J connectivity index is 1.68. The maximum Gasteiger partial charge on any atom is 0.114 e. The molecule has 0 bridgehead atoms. The first-order valence-corrected chi connectivity index (χ1v) is 9.67. The summed E-state index contributed by atoms with van der Waals surface area (Å²) < 4.78 is 1.24. The highest BCUT2D eigenvalue weighted by atomic mass is 32.1. The Morgan fingerprint density at radius 1 is 0.920 bits per heavy atom. The molecule has 0 spiro atoms. The molecule has 3 nitrogen and oxygen atoms in total. The van der Waals surface area contributed by atoms with Gasteiger partial charge >= 0.3 is 0 Å². The van der Waals surface area contributed by atoms with E-state index in [4.69, 9.17) is 4.98 Å². The van der Waals surface area contributed by atoms with Gasteiger partial charge in [0.25, 0.3) is 0 Å². The summed E-state index contributed by atoms with van der Waals surface area (Å²) in [6, 6.07) is 18.4. The third-order valence-corrected chi connectivity index (χ3v) is 6.99. The highest BCUT2D eigenvalue weighted by Gasteiger charge is 2.46. The lowest BCUT2D eigenvalue weighted by molar-refractivity contribution is -0.0508. The molecule has 1 aliphatic carbocycles. The molecule has 0 atom stereocenters. The van der Waals surface area contributed by atoms with Crippen LogP contribution in [-0.2, 0) is 11.1 Å². The van der Waals surface area contributed by atoms with Gasteiger partial charge in [-0.25, -0.2) is 4.98 Å². The molecule has 4 heteroatoms. The summed E-state index contributed by atoms with van der Waals surface area (Å²) in [6.07, 6.45) is 3.33. The van der Waals surface area contributed by atoms with Gasteiger partial charge in [-0.05, 0) is 57.5 Å². The zero-order chi connectivity index (χ0) is 17.5. The first-order chi connectivity index (χ1) is 12.0. The van der Waals surface area contributed by atoms with Crippen molar-refractivity contribution in [3.05, 3.63) is 65.2 Å². The molecule has 0 amide bonds. The lowest BCUT2D eigenvalue weighted by Gasteiger charge is -2.46. The molecule has 0 radical (unpaired) electrons. The summed E-state index contributed by atoms with van der Waals surface area (Å²) >= 11 is 1.79. The summed E-state index contributed by atoms with van der Waals surface area (Å²) in [5.41, 5.74) is 1.29. The molecule has 1 N–H and O–H groups in total. The van der Waals surface area contributed by atoms with Gasteiger partial charge in [-0.15, -0.1) is 11.3 Å². The van der Waals surface area contributed by atoms with E-state index >= 15 is 0 Å². The number of para-hydroxylation sites is 1. The van der Waals surface area contributed by atoms with Gasteiger partial charge in [0.15, 0.2) is 0 Å². The van der Waals surface area contributed by atoms with E-state index in [0.717, 1.165) is 36.8 Å². The van der Waals surface area contributed by atoms with E-state index in [1.807, 2.05) is 36.4 Å². The van der Waals surface area contributed by atoms with E-state index in [1.165, 1.54) is 9.71 Å². The second-order valence-corrected chi connectivity index (χ2v) is 8.34. The number of aliphatic hydroxyl groups is 1. The van der Waals surface area contributed by atoms with Crippen LogP contribution in [0.1, 0.15) is 36.3 Å².